The number of carbonyl (C=O) groups is 1. The van der Waals surface area contributed by atoms with Gasteiger partial charge in [0.1, 0.15) is 0 Å². The average molecular weight is 275 g/mol. The fraction of sp³-hybridized carbons (Fsp3) is 0.214. The van der Waals surface area contributed by atoms with Gasteiger partial charge in [-0.3, -0.25) is 4.79 Å². The standard InChI is InChI=1S/C14H13NO3S/c1-9-2-5-13(19-9)14(16)15-7-10-3-4-11-12(6-10)18-8-17-11/h2-6H,7-8H2,1H3,(H,15,16). The van der Waals surface area contributed by atoms with Crippen LogP contribution in [-0.2, 0) is 6.54 Å². The maximum atomic E-state index is 11.9. The second-order valence-electron chi connectivity index (χ2n) is 4.28. The minimum absolute atomic E-state index is 0.0456. The van der Waals surface area contributed by atoms with Crippen LogP contribution < -0.4 is 14.8 Å². The van der Waals surface area contributed by atoms with Crippen LogP contribution in [0.15, 0.2) is 30.3 Å². The molecule has 0 saturated carbocycles. The van der Waals surface area contributed by atoms with Crippen LogP contribution in [0.25, 0.3) is 0 Å². The van der Waals surface area contributed by atoms with Gasteiger partial charge in [-0.1, -0.05) is 6.07 Å². The largest absolute Gasteiger partial charge is 0.454 e. The van der Waals surface area contributed by atoms with E-state index in [2.05, 4.69) is 5.32 Å². The van der Waals surface area contributed by atoms with E-state index in [-0.39, 0.29) is 12.7 Å². The summed E-state index contributed by atoms with van der Waals surface area (Å²) in [4.78, 5) is 13.8. The lowest BCUT2D eigenvalue weighted by atomic mass is 10.2. The van der Waals surface area contributed by atoms with Crippen molar-refractivity contribution in [3.63, 3.8) is 0 Å². The summed E-state index contributed by atoms with van der Waals surface area (Å²) in [5.74, 6) is 1.44. The van der Waals surface area contributed by atoms with Gasteiger partial charge in [0.05, 0.1) is 4.88 Å². The molecule has 0 radical (unpaired) electrons. The molecule has 3 rings (SSSR count). The monoisotopic (exact) mass is 275 g/mol. The number of thiophene rings is 1. The van der Waals surface area contributed by atoms with E-state index in [0.29, 0.717) is 6.54 Å². The summed E-state index contributed by atoms with van der Waals surface area (Å²) in [6, 6.07) is 9.46. The second kappa shape index (κ2) is 4.93. The summed E-state index contributed by atoms with van der Waals surface area (Å²) in [6.45, 7) is 2.73. The van der Waals surface area contributed by atoms with Crippen LogP contribution in [0.2, 0.25) is 0 Å². The third-order valence-electron chi connectivity index (χ3n) is 2.85. The van der Waals surface area contributed by atoms with E-state index in [1.54, 1.807) is 0 Å². The van der Waals surface area contributed by atoms with Crippen LogP contribution in [0, 0.1) is 6.92 Å². The lowest BCUT2D eigenvalue weighted by Gasteiger charge is -2.05. The molecule has 2 heterocycles. The van der Waals surface area contributed by atoms with E-state index in [0.717, 1.165) is 26.8 Å². The smallest absolute Gasteiger partial charge is 0.261 e. The highest BCUT2D eigenvalue weighted by Crippen LogP contribution is 2.32. The first-order valence-electron chi connectivity index (χ1n) is 5.95. The van der Waals surface area contributed by atoms with Crippen LogP contribution >= 0.6 is 11.3 Å². The lowest BCUT2D eigenvalue weighted by Crippen LogP contribution is -2.21. The maximum Gasteiger partial charge on any atom is 0.261 e. The molecule has 0 atom stereocenters. The molecule has 0 spiro atoms. The van der Waals surface area contributed by atoms with Gasteiger partial charge in [-0.05, 0) is 36.8 Å². The quantitative estimate of drug-likeness (QED) is 0.937. The van der Waals surface area contributed by atoms with Crippen LogP contribution in [0.4, 0.5) is 0 Å². The van der Waals surface area contributed by atoms with Crippen molar-refractivity contribution < 1.29 is 14.3 Å². The van der Waals surface area contributed by atoms with Crippen LogP contribution in [0.5, 0.6) is 11.5 Å². The Bertz CT molecular complexity index is 621. The van der Waals surface area contributed by atoms with Crippen LogP contribution in [-0.4, -0.2) is 12.7 Å². The van der Waals surface area contributed by atoms with Gasteiger partial charge >= 0.3 is 0 Å². The SMILES string of the molecule is Cc1ccc(C(=O)NCc2ccc3c(c2)OCO3)s1. The van der Waals surface area contributed by atoms with Crippen LogP contribution in [0.1, 0.15) is 20.1 Å². The molecule has 2 aromatic rings. The number of nitrogens with one attached hydrogen (secondary N) is 1. The van der Waals surface area contributed by atoms with E-state index in [4.69, 9.17) is 9.47 Å². The number of benzene rings is 1. The first kappa shape index (κ1) is 12.0. The number of amides is 1. The highest BCUT2D eigenvalue weighted by Gasteiger charge is 2.13. The summed E-state index contributed by atoms with van der Waals surface area (Å²) in [5.41, 5.74) is 0.992. The molecule has 4 nitrogen and oxygen atoms in total. The zero-order chi connectivity index (χ0) is 13.2. The minimum atomic E-state index is -0.0456. The summed E-state index contributed by atoms with van der Waals surface area (Å²) in [7, 11) is 0. The number of hydrogen-bond donors (Lipinski definition) is 1. The van der Waals surface area contributed by atoms with Gasteiger partial charge in [-0.25, -0.2) is 0 Å². The molecule has 0 fully saturated rings. The normalized spacial score (nSPS) is 12.5. The van der Waals surface area contributed by atoms with Gasteiger partial charge in [-0.15, -0.1) is 11.3 Å². The molecule has 1 aliphatic rings. The highest BCUT2D eigenvalue weighted by atomic mass is 32.1. The Morgan fingerprint density at radius 2 is 2.11 bits per heavy atom. The third-order valence-corrected chi connectivity index (χ3v) is 3.85. The molecule has 0 aliphatic carbocycles. The molecule has 19 heavy (non-hydrogen) atoms. The number of aryl methyl sites for hydroxylation is 1. The maximum absolute atomic E-state index is 11.9. The molecule has 1 aromatic carbocycles. The second-order valence-corrected chi connectivity index (χ2v) is 5.57. The van der Waals surface area contributed by atoms with Crippen molar-refractivity contribution in [2.45, 2.75) is 13.5 Å². The Morgan fingerprint density at radius 1 is 1.26 bits per heavy atom. The topological polar surface area (TPSA) is 47.6 Å². The molecule has 1 N–H and O–H groups in total. The number of fused-ring (bicyclic) bond motifs is 1. The van der Waals surface area contributed by atoms with E-state index in [9.17, 15) is 4.79 Å². The first-order valence-corrected chi connectivity index (χ1v) is 6.77. The van der Waals surface area contributed by atoms with Gasteiger partial charge in [0.15, 0.2) is 11.5 Å². The first-order chi connectivity index (χ1) is 9.22. The van der Waals surface area contributed by atoms with Crippen molar-refractivity contribution in [3.8, 4) is 11.5 Å². The predicted molar refractivity (Wildman–Crippen MR) is 72.8 cm³/mol. The number of rotatable bonds is 3. The summed E-state index contributed by atoms with van der Waals surface area (Å²) >= 11 is 1.49. The van der Waals surface area contributed by atoms with E-state index < -0.39 is 0 Å². The van der Waals surface area contributed by atoms with E-state index >= 15 is 0 Å². The van der Waals surface area contributed by atoms with Gasteiger partial charge in [0.25, 0.3) is 5.91 Å². The Hall–Kier alpha value is -2.01. The lowest BCUT2D eigenvalue weighted by molar-refractivity contribution is 0.0955. The Labute approximate surface area is 115 Å². The van der Waals surface area contributed by atoms with Crippen molar-refractivity contribution >= 4 is 17.2 Å². The zero-order valence-electron chi connectivity index (χ0n) is 10.4. The molecule has 98 valence electrons. The van der Waals surface area contributed by atoms with Crippen molar-refractivity contribution in [2.24, 2.45) is 0 Å². The Morgan fingerprint density at radius 3 is 2.89 bits per heavy atom. The van der Waals surface area contributed by atoms with Gasteiger partial charge in [0.2, 0.25) is 6.79 Å². The van der Waals surface area contributed by atoms with Gasteiger partial charge in [0, 0.05) is 11.4 Å². The molecule has 1 amide bonds. The van der Waals surface area contributed by atoms with Crippen molar-refractivity contribution in [1.29, 1.82) is 0 Å². The summed E-state index contributed by atoms with van der Waals surface area (Å²) < 4.78 is 10.5. The summed E-state index contributed by atoms with van der Waals surface area (Å²) in [5, 5.41) is 2.89. The molecular weight excluding hydrogens is 262 g/mol. The fourth-order valence-corrected chi connectivity index (χ4v) is 2.66. The van der Waals surface area contributed by atoms with Crippen molar-refractivity contribution in [3.05, 3.63) is 45.6 Å². The predicted octanol–water partition coefficient (Wildman–Crippen LogP) is 2.72. The molecule has 0 unspecified atom stereocenters. The number of hydrogen-bond acceptors (Lipinski definition) is 4. The molecule has 0 bridgehead atoms. The fourth-order valence-electron chi connectivity index (χ4n) is 1.88. The molecule has 1 aliphatic heterocycles. The minimum Gasteiger partial charge on any atom is -0.454 e. The molecule has 5 heteroatoms. The van der Waals surface area contributed by atoms with E-state index in [1.165, 1.54) is 11.3 Å². The van der Waals surface area contributed by atoms with Crippen molar-refractivity contribution in [2.75, 3.05) is 6.79 Å². The van der Waals surface area contributed by atoms with Crippen LogP contribution in [0.3, 0.4) is 0 Å². The third kappa shape index (κ3) is 2.56. The molecular formula is C14H13NO3S. The molecule has 1 aromatic heterocycles. The van der Waals surface area contributed by atoms with E-state index in [1.807, 2.05) is 37.3 Å². The summed E-state index contributed by atoms with van der Waals surface area (Å²) in [6.07, 6.45) is 0. The Balaban J connectivity index is 1.64. The molecule has 0 saturated heterocycles. The zero-order valence-corrected chi connectivity index (χ0v) is 11.3. The number of carbonyl (C=O) groups excluding carboxylic acids is 1. The van der Waals surface area contributed by atoms with Crippen molar-refractivity contribution in [1.82, 2.24) is 5.32 Å². The Kier molecular flexibility index (Phi) is 3.13. The van der Waals surface area contributed by atoms with Gasteiger partial charge in [-0.2, -0.15) is 0 Å². The average Bonchev–Trinajstić information content (AvgIpc) is 3.03. The number of ether oxygens (including phenoxy) is 2. The van der Waals surface area contributed by atoms with Gasteiger partial charge < -0.3 is 14.8 Å². The highest BCUT2D eigenvalue weighted by molar-refractivity contribution is 7.13.